The number of hydrogen-bond acceptors (Lipinski definition) is 3. The minimum Gasteiger partial charge on any atom is -0.384 e. The lowest BCUT2D eigenvalue weighted by Crippen LogP contribution is -2.13. The van der Waals surface area contributed by atoms with E-state index in [2.05, 4.69) is 37.0 Å². The predicted molar refractivity (Wildman–Crippen MR) is 72.6 cm³/mol. The Morgan fingerprint density at radius 2 is 1.88 bits per heavy atom. The van der Waals surface area contributed by atoms with Crippen molar-refractivity contribution >= 4 is 17.3 Å². The molecule has 0 aliphatic carbocycles. The van der Waals surface area contributed by atoms with Crippen LogP contribution in [0.15, 0.2) is 36.4 Å². The highest BCUT2D eigenvalue weighted by Gasteiger charge is 2.08. The third kappa shape index (κ3) is 2.38. The minimum absolute atomic E-state index is 0.541. The van der Waals surface area contributed by atoms with Crippen LogP contribution in [0.5, 0.6) is 0 Å². The molecule has 2 aromatic rings. The molecule has 0 unspecified atom stereocenters. The Bertz CT molecular complexity index is 535. The molecule has 1 aromatic carbocycles. The Kier molecular flexibility index (Phi) is 3.00. The summed E-state index contributed by atoms with van der Waals surface area (Å²) in [6.07, 6.45) is 0. The van der Waals surface area contributed by atoms with Crippen LogP contribution in [0.3, 0.4) is 0 Å². The molecule has 0 amide bonds. The van der Waals surface area contributed by atoms with Crippen molar-refractivity contribution in [2.45, 2.75) is 13.8 Å². The van der Waals surface area contributed by atoms with E-state index in [0.29, 0.717) is 5.82 Å². The maximum atomic E-state index is 5.70. The molecule has 0 atom stereocenters. The van der Waals surface area contributed by atoms with Crippen LogP contribution in [0.1, 0.15) is 11.1 Å². The van der Waals surface area contributed by atoms with Crippen LogP contribution in [-0.4, -0.2) is 12.0 Å². The molecule has 2 N–H and O–H groups in total. The summed E-state index contributed by atoms with van der Waals surface area (Å²) >= 11 is 0. The first-order valence-corrected chi connectivity index (χ1v) is 5.61. The number of benzene rings is 1. The number of pyridine rings is 1. The topological polar surface area (TPSA) is 42.1 Å². The zero-order valence-corrected chi connectivity index (χ0v) is 10.4. The number of nitrogens with zero attached hydrogens (tertiary/aromatic N) is 2. The van der Waals surface area contributed by atoms with E-state index < -0.39 is 0 Å². The molecule has 1 aromatic heterocycles. The van der Waals surface area contributed by atoms with Crippen LogP contribution < -0.4 is 10.6 Å². The lowest BCUT2D eigenvalue weighted by Gasteiger charge is -2.21. The molecule has 0 saturated heterocycles. The van der Waals surface area contributed by atoms with E-state index in [4.69, 9.17) is 5.73 Å². The Morgan fingerprint density at radius 1 is 1.12 bits per heavy atom. The van der Waals surface area contributed by atoms with Gasteiger partial charge < -0.3 is 10.6 Å². The van der Waals surface area contributed by atoms with E-state index in [1.807, 2.05) is 24.1 Å². The highest BCUT2D eigenvalue weighted by Crippen LogP contribution is 2.26. The van der Waals surface area contributed by atoms with Gasteiger partial charge in [0, 0.05) is 12.7 Å². The number of hydrogen-bond donors (Lipinski definition) is 1. The van der Waals surface area contributed by atoms with Gasteiger partial charge in [-0.2, -0.15) is 0 Å². The molecule has 0 spiro atoms. The van der Waals surface area contributed by atoms with E-state index in [0.717, 1.165) is 11.5 Å². The van der Waals surface area contributed by atoms with Crippen LogP contribution >= 0.6 is 0 Å². The number of nitrogens with two attached hydrogens (primary N) is 1. The zero-order valence-electron chi connectivity index (χ0n) is 10.4. The van der Waals surface area contributed by atoms with Gasteiger partial charge in [-0.1, -0.05) is 23.8 Å². The molecule has 1 heterocycles. The lowest BCUT2D eigenvalue weighted by molar-refractivity contribution is 1.12. The van der Waals surface area contributed by atoms with Gasteiger partial charge in [0.1, 0.15) is 11.6 Å². The summed E-state index contributed by atoms with van der Waals surface area (Å²) in [7, 11) is 2.00. The van der Waals surface area contributed by atoms with Crippen LogP contribution in [0.25, 0.3) is 0 Å². The summed E-state index contributed by atoms with van der Waals surface area (Å²) in [4.78, 5) is 6.36. The summed E-state index contributed by atoms with van der Waals surface area (Å²) < 4.78 is 0. The largest absolute Gasteiger partial charge is 0.384 e. The van der Waals surface area contributed by atoms with Gasteiger partial charge in [-0.3, -0.25) is 0 Å². The van der Waals surface area contributed by atoms with Gasteiger partial charge in [0.2, 0.25) is 0 Å². The maximum Gasteiger partial charge on any atom is 0.135 e. The van der Waals surface area contributed by atoms with Crippen LogP contribution in [0.4, 0.5) is 17.3 Å². The molecule has 2 rings (SSSR count). The molecule has 0 aliphatic rings. The van der Waals surface area contributed by atoms with E-state index in [-0.39, 0.29) is 0 Å². The van der Waals surface area contributed by atoms with Gasteiger partial charge in [-0.25, -0.2) is 4.98 Å². The van der Waals surface area contributed by atoms with Gasteiger partial charge in [0.05, 0.1) is 0 Å². The number of nitrogen functional groups attached to an aromatic ring is 1. The molecule has 0 saturated carbocycles. The molecule has 3 heteroatoms. The zero-order chi connectivity index (χ0) is 12.4. The summed E-state index contributed by atoms with van der Waals surface area (Å²) in [6.45, 7) is 4.20. The first-order valence-electron chi connectivity index (χ1n) is 5.61. The second-order valence-electron chi connectivity index (χ2n) is 4.27. The Balaban J connectivity index is 2.40. The fourth-order valence-electron chi connectivity index (χ4n) is 1.93. The van der Waals surface area contributed by atoms with Crippen molar-refractivity contribution in [3.05, 3.63) is 47.5 Å². The second kappa shape index (κ2) is 4.45. The third-order valence-electron chi connectivity index (χ3n) is 2.81. The first-order chi connectivity index (χ1) is 8.08. The minimum atomic E-state index is 0.541. The van der Waals surface area contributed by atoms with E-state index in [1.165, 1.54) is 11.1 Å². The van der Waals surface area contributed by atoms with Crippen LogP contribution in [0, 0.1) is 13.8 Å². The van der Waals surface area contributed by atoms with Crippen molar-refractivity contribution in [1.82, 2.24) is 4.98 Å². The molecule has 17 heavy (non-hydrogen) atoms. The highest BCUT2D eigenvalue weighted by molar-refractivity contribution is 5.64. The normalized spacial score (nSPS) is 10.3. The van der Waals surface area contributed by atoms with Gasteiger partial charge in [0.15, 0.2) is 0 Å². The summed E-state index contributed by atoms with van der Waals surface area (Å²) in [5, 5.41) is 0. The second-order valence-corrected chi connectivity index (χ2v) is 4.27. The molecular formula is C14H17N3. The van der Waals surface area contributed by atoms with Crippen LogP contribution in [-0.2, 0) is 0 Å². The lowest BCUT2D eigenvalue weighted by atomic mass is 10.1. The summed E-state index contributed by atoms with van der Waals surface area (Å²) in [6, 6.07) is 12.0. The van der Waals surface area contributed by atoms with Gasteiger partial charge in [-0.15, -0.1) is 0 Å². The fraction of sp³-hybridized carbons (Fsp3) is 0.214. The molecule has 0 bridgehead atoms. The van der Waals surface area contributed by atoms with Gasteiger partial charge in [-0.05, 0) is 37.6 Å². The monoisotopic (exact) mass is 227 g/mol. The van der Waals surface area contributed by atoms with Crippen molar-refractivity contribution in [2.24, 2.45) is 0 Å². The first kappa shape index (κ1) is 11.5. The quantitative estimate of drug-likeness (QED) is 0.857. The smallest absolute Gasteiger partial charge is 0.135 e. The van der Waals surface area contributed by atoms with Crippen molar-refractivity contribution < 1.29 is 0 Å². The summed E-state index contributed by atoms with van der Waals surface area (Å²) in [5.74, 6) is 1.40. The molecule has 0 aliphatic heterocycles. The predicted octanol–water partition coefficient (Wildman–Crippen LogP) is 3.05. The Morgan fingerprint density at radius 3 is 2.53 bits per heavy atom. The van der Waals surface area contributed by atoms with Gasteiger partial charge in [0.25, 0.3) is 0 Å². The van der Waals surface area contributed by atoms with Crippen molar-refractivity contribution in [3.63, 3.8) is 0 Å². The molecule has 0 fully saturated rings. The SMILES string of the molecule is Cc1ccc(N(C)c2cccc(N)n2)c(C)c1. The van der Waals surface area contributed by atoms with Crippen molar-refractivity contribution in [3.8, 4) is 0 Å². The van der Waals surface area contributed by atoms with Crippen molar-refractivity contribution in [1.29, 1.82) is 0 Å². The fourth-order valence-corrected chi connectivity index (χ4v) is 1.93. The van der Waals surface area contributed by atoms with Crippen molar-refractivity contribution in [2.75, 3.05) is 17.7 Å². The third-order valence-corrected chi connectivity index (χ3v) is 2.81. The molecule has 3 nitrogen and oxygen atoms in total. The van der Waals surface area contributed by atoms with E-state index in [1.54, 1.807) is 6.07 Å². The molecule has 0 radical (unpaired) electrons. The standard InChI is InChI=1S/C14H17N3/c1-10-7-8-12(11(2)9-10)17(3)14-6-4-5-13(15)16-14/h4-9H,1-3H3,(H2,15,16). The number of aryl methyl sites for hydroxylation is 2. The number of rotatable bonds is 2. The average molecular weight is 227 g/mol. The molecular weight excluding hydrogens is 210 g/mol. The Labute approximate surface area is 102 Å². The number of aromatic nitrogens is 1. The van der Waals surface area contributed by atoms with Crippen LogP contribution in [0.2, 0.25) is 0 Å². The number of anilines is 3. The molecule has 88 valence electrons. The average Bonchev–Trinajstić information content (AvgIpc) is 2.28. The Hall–Kier alpha value is -2.03. The van der Waals surface area contributed by atoms with E-state index in [9.17, 15) is 0 Å². The maximum absolute atomic E-state index is 5.70. The summed E-state index contributed by atoms with van der Waals surface area (Å²) in [5.41, 5.74) is 9.34. The van der Waals surface area contributed by atoms with E-state index >= 15 is 0 Å². The van der Waals surface area contributed by atoms with Gasteiger partial charge >= 0.3 is 0 Å². The highest BCUT2D eigenvalue weighted by atomic mass is 15.2.